The van der Waals surface area contributed by atoms with Gasteiger partial charge in [-0.2, -0.15) is 15.0 Å². The Labute approximate surface area is 134 Å². The number of nitrogens with zero attached hydrogens (tertiary/aromatic N) is 4. The molecular weight excluding hydrogens is 296 g/mol. The first-order chi connectivity index (χ1) is 11.2. The Morgan fingerprint density at radius 1 is 1.09 bits per heavy atom. The minimum absolute atomic E-state index is 0.294. The van der Waals surface area contributed by atoms with Crippen LogP contribution in [0.15, 0.2) is 18.2 Å². The van der Waals surface area contributed by atoms with Gasteiger partial charge in [-0.05, 0) is 24.1 Å². The largest absolute Gasteiger partial charge is 0.454 e. The van der Waals surface area contributed by atoms with E-state index in [1.165, 1.54) is 0 Å². The number of rotatable bonds is 6. The van der Waals surface area contributed by atoms with E-state index >= 15 is 0 Å². The minimum atomic E-state index is 0.294. The Kier molecular flexibility index (Phi) is 4.31. The zero-order valence-corrected chi connectivity index (χ0v) is 13.5. The van der Waals surface area contributed by atoms with Crippen molar-refractivity contribution < 1.29 is 9.47 Å². The summed E-state index contributed by atoms with van der Waals surface area (Å²) >= 11 is 0. The standard InChI is InChI=1S/C15H20N6O2/c1-16-13-18-14(20-15(19-13)21(2)3)17-7-6-10-4-5-11-12(8-10)23-9-22-11/h4-5,8H,6-7,9H2,1-3H3,(H2,16,17,18,19,20). The molecular formula is C15H20N6O2. The highest BCUT2D eigenvalue weighted by atomic mass is 16.7. The summed E-state index contributed by atoms with van der Waals surface area (Å²) in [4.78, 5) is 14.8. The maximum atomic E-state index is 5.39. The fraction of sp³-hybridized carbons (Fsp3) is 0.400. The van der Waals surface area contributed by atoms with Gasteiger partial charge in [0.15, 0.2) is 11.5 Å². The van der Waals surface area contributed by atoms with E-state index in [1.807, 2.05) is 37.2 Å². The highest BCUT2D eigenvalue weighted by molar-refractivity contribution is 5.45. The molecule has 1 aliphatic rings. The van der Waals surface area contributed by atoms with Gasteiger partial charge < -0.3 is 25.0 Å². The van der Waals surface area contributed by atoms with Gasteiger partial charge in [0.05, 0.1) is 0 Å². The van der Waals surface area contributed by atoms with Gasteiger partial charge >= 0.3 is 0 Å². The summed E-state index contributed by atoms with van der Waals surface area (Å²) in [5.74, 6) is 3.29. The number of aromatic nitrogens is 3. The van der Waals surface area contributed by atoms with Crippen molar-refractivity contribution in [2.75, 3.05) is 50.0 Å². The third kappa shape index (κ3) is 3.53. The lowest BCUT2D eigenvalue weighted by Gasteiger charge is -2.13. The van der Waals surface area contributed by atoms with Crippen LogP contribution in [0.3, 0.4) is 0 Å². The lowest BCUT2D eigenvalue weighted by Crippen LogP contribution is -2.17. The van der Waals surface area contributed by atoms with Gasteiger partial charge in [-0.3, -0.25) is 0 Å². The van der Waals surface area contributed by atoms with Gasteiger partial charge in [-0.15, -0.1) is 0 Å². The van der Waals surface area contributed by atoms with Crippen molar-refractivity contribution in [3.8, 4) is 11.5 Å². The molecule has 3 rings (SSSR count). The van der Waals surface area contributed by atoms with Crippen molar-refractivity contribution in [1.29, 1.82) is 0 Å². The summed E-state index contributed by atoms with van der Waals surface area (Å²) in [5, 5.41) is 6.17. The van der Waals surface area contributed by atoms with Crippen LogP contribution in [0, 0.1) is 0 Å². The van der Waals surface area contributed by atoms with Gasteiger partial charge in [-0.1, -0.05) is 6.07 Å². The second kappa shape index (κ2) is 6.55. The predicted octanol–water partition coefficient (Wildman–Crippen LogP) is 1.36. The van der Waals surface area contributed by atoms with Crippen molar-refractivity contribution in [2.24, 2.45) is 0 Å². The fourth-order valence-electron chi connectivity index (χ4n) is 2.17. The van der Waals surface area contributed by atoms with E-state index < -0.39 is 0 Å². The molecule has 0 saturated carbocycles. The van der Waals surface area contributed by atoms with E-state index in [9.17, 15) is 0 Å². The average molecular weight is 316 g/mol. The molecule has 8 heteroatoms. The van der Waals surface area contributed by atoms with Gasteiger partial charge in [0.2, 0.25) is 24.6 Å². The molecule has 0 spiro atoms. The van der Waals surface area contributed by atoms with E-state index in [0.717, 1.165) is 23.5 Å². The molecule has 2 aromatic rings. The predicted molar refractivity (Wildman–Crippen MR) is 88.5 cm³/mol. The quantitative estimate of drug-likeness (QED) is 0.826. The molecule has 122 valence electrons. The number of fused-ring (bicyclic) bond motifs is 1. The maximum Gasteiger partial charge on any atom is 0.231 e. The van der Waals surface area contributed by atoms with Crippen LogP contribution in [-0.4, -0.2) is 49.4 Å². The smallest absolute Gasteiger partial charge is 0.231 e. The number of nitrogens with one attached hydrogen (secondary N) is 2. The molecule has 0 aliphatic carbocycles. The monoisotopic (exact) mass is 316 g/mol. The molecule has 0 radical (unpaired) electrons. The molecule has 2 heterocycles. The van der Waals surface area contributed by atoms with Crippen LogP contribution in [0.1, 0.15) is 5.56 Å². The topological polar surface area (TPSA) is 84.4 Å². The van der Waals surface area contributed by atoms with Crippen LogP contribution in [0.5, 0.6) is 11.5 Å². The van der Waals surface area contributed by atoms with Crippen molar-refractivity contribution >= 4 is 17.8 Å². The zero-order chi connectivity index (χ0) is 16.2. The zero-order valence-electron chi connectivity index (χ0n) is 13.5. The molecule has 0 saturated heterocycles. The maximum absolute atomic E-state index is 5.39. The van der Waals surface area contributed by atoms with Gasteiger partial charge in [0.1, 0.15) is 0 Å². The van der Waals surface area contributed by atoms with Crippen LogP contribution in [0.2, 0.25) is 0 Å². The number of ether oxygens (including phenoxy) is 2. The third-order valence-electron chi connectivity index (χ3n) is 3.38. The van der Waals surface area contributed by atoms with E-state index in [2.05, 4.69) is 25.6 Å². The summed E-state index contributed by atoms with van der Waals surface area (Å²) in [5.41, 5.74) is 1.16. The molecule has 0 atom stereocenters. The first-order valence-corrected chi connectivity index (χ1v) is 7.39. The van der Waals surface area contributed by atoms with Gasteiger partial charge in [0, 0.05) is 27.7 Å². The van der Waals surface area contributed by atoms with Crippen LogP contribution in [-0.2, 0) is 6.42 Å². The second-order valence-corrected chi connectivity index (χ2v) is 5.29. The fourth-order valence-corrected chi connectivity index (χ4v) is 2.17. The van der Waals surface area contributed by atoms with Crippen molar-refractivity contribution in [1.82, 2.24) is 15.0 Å². The van der Waals surface area contributed by atoms with Crippen LogP contribution >= 0.6 is 0 Å². The molecule has 8 nitrogen and oxygen atoms in total. The summed E-state index contributed by atoms with van der Waals surface area (Å²) in [6.45, 7) is 1.00. The number of anilines is 3. The van der Waals surface area contributed by atoms with E-state index in [-0.39, 0.29) is 0 Å². The van der Waals surface area contributed by atoms with E-state index in [0.29, 0.717) is 31.2 Å². The lowest BCUT2D eigenvalue weighted by atomic mass is 10.1. The highest BCUT2D eigenvalue weighted by Gasteiger charge is 2.13. The molecule has 0 amide bonds. The molecule has 1 aliphatic heterocycles. The van der Waals surface area contributed by atoms with Gasteiger partial charge in [0.25, 0.3) is 0 Å². The summed E-state index contributed by atoms with van der Waals surface area (Å²) in [6.07, 6.45) is 0.828. The summed E-state index contributed by atoms with van der Waals surface area (Å²) < 4.78 is 10.7. The number of hydrogen-bond donors (Lipinski definition) is 2. The van der Waals surface area contributed by atoms with E-state index in [4.69, 9.17) is 9.47 Å². The third-order valence-corrected chi connectivity index (χ3v) is 3.38. The average Bonchev–Trinajstić information content (AvgIpc) is 3.02. The molecule has 0 bridgehead atoms. The molecule has 23 heavy (non-hydrogen) atoms. The second-order valence-electron chi connectivity index (χ2n) is 5.29. The Morgan fingerprint density at radius 2 is 1.87 bits per heavy atom. The van der Waals surface area contributed by atoms with Crippen LogP contribution in [0.4, 0.5) is 17.8 Å². The van der Waals surface area contributed by atoms with Crippen LogP contribution in [0.25, 0.3) is 0 Å². The van der Waals surface area contributed by atoms with Crippen LogP contribution < -0.4 is 25.0 Å². The Bertz CT molecular complexity index is 692. The molecule has 2 N–H and O–H groups in total. The first-order valence-electron chi connectivity index (χ1n) is 7.39. The summed E-state index contributed by atoms with van der Waals surface area (Å²) in [6, 6.07) is 5.97. The number of hydrogen-bond acceptors (Lipinski definition) is 8. The SMILES string of the molecule is CNc1nc(NCCc2ccc3c(c2)OCO3)nc(N(C)C)n1. The minimum Gasteiger partial charge on any atom is -0.454 e. The Hall–Kier alpha value is -2.77. The Balaban J connectivity index is 1.63. The Morgan fingerprint density at radius 3 is 2.65 bits per heavy atom. The molecule has 1 aromatic heterocycles. The molecule has 1 aromatic carbocycles. The first kappa shape index (κ1) is 15.1. The van der Waals surface area contributed by atoms with E-state index in [1.54, 1.807) is 7.05 Å². The number of benzene rings is 1. The molecule has 0 fully saturated rings. The summed E-state index contributed by atoms with van der Waals surface area (Å²) in [7, 11) is 5.57. The molecule has 0 unspecified atom stereocenters. The lowest BCUT2D eigenvalue weighted by molar-refractivity contribution is 0.174. The van der Waals surface area contributed by atoms with Crippen molar-refractivity contribution in [3.05, 3.63) is 23.8 Å². The highest BCUT2D eigenvalue weighted by Crippen LogP contribution is 2.32. The normalized spacial score (nSPS) is 12.1. The van der Waals surface area contributed by atoms with Crippen molar-refractivity contribution in [3.63, 3.8) is 0 Å². The van der Waals surface area contributed by atoms with Crippen molar-refractivity contribution in [2.45, 2.75) is 6.42 Å². The van der Waals surface area contributed by atoms with Gasteiger partial charge in [-0.25, -0.2) is 0 Å².